The molecule has 2 N–H and O–H groups in total. The van der Waals surface area contributed by atoms with Crippen LogP contribution in [0.15, 0.2) is 51.8 Å². The van der Waals surface area contributed by atoms with Crippen LogP contribution in [0.5, 0.6) is 0 Å². The predicted molar refractivity (Wildman–Crippen MR) is 104 cm³/mol. The molecule has 1 saturated heterocycles. The Balaban J connectivity index is 1.59. The Bertz CT molecular complexity index is 1050. The summed E-state index contributed by atoms with van der Waals surface area (Å²) in [5, 5.41) is 6.98. The van der Waals surface area contributed by atoms with Gasteiger partial charge in [-0.05, 0) is 50.1 Å². The van der Waals surface area contributed by atoms with Crippen molar-refractivity contribution in [1.29, 1.82) is 0 Å². The molecule has 0 spiro atoms. The molecule has 0 saturated carbocycles. The third kappa shape index (κ3) is 3.61. The van der Waals surface area contributed by atoms with Crippen LogP contribution in [0.3, 0.4) is 0 Å². The van der Waals surface area contributed by atoms with Crippen LogP contribution in [0.4, 0.5) is 5.69 Å². The third-order valence-electron chi connectivity index (χ3n) is 4.94. The molecule has 138 valence electrons. The molecule has 4 rings (SSSR count). The quantitative estimate of drug-likeness (QED) is 0.746. The number of pyridine rings is 1. The molecule has 6 nitrogen and oxygen atoms in total. The number of carbonyl (C=O) groups is 1. The highest BCUT2D eigenvalue weighted by atomic mass is 16.4. The third-order valence-corrected chi connectivity index (χ3v) is 4.94. The number of piperidine rings is 1. The summed E-state index contributed by atoms with van der Waals surface area (Å²) in [7, 11) is 0. The molecular weight excluding hydrogens is 342 g/mol. The van der Waals surface area contributed by atoms with Gasteiger partial charge in [-0.2, -0.15) is 0 Å². The minimum absolute atomic E-state index is 0.0377. The summed E-state index contributed by atoms with van der Waals surface area (Å²) < 4.78 is 5.49. The van der Waals surface area contributed by atoms with Crippen LogP contribution in [0, 0.1) is 6.92 Å². The molecule has 1 amide bonds. The van der Waals surface area contributed by atoms with Crippen LogP contribution in [0.1, 0.15) is 40.4 Å². The second-order valence-corrected chi connectivity index (χ2v) is 6.91. The van der Waals surface area contributed by atoms with Gasteiger partial charge in [-0.15, -0.1) is 0 Å². The summed E-state index contributed by atoms with van der Waals surface area (Å²) in [5.41, 5.74) is 1.45. The molecule has 1 atom stereocenters. The molecule has 0 aliphatic carbocycles. The number of carbonyl (C=O) groups excluding carboxylic acids is 1. The second kappa shape index (κ2) is 7.32. The van der Waals surface area contributed by atoms with E-state index in [1.807, 2.05) is 36.4 Å². The molecule has 27 heavy (non-hydrogen) atoms. The number of nitrogens with one attached hydrogen (secondary N) is 2. The lowest BCUT2D eigenvalue weighted by atomic mass is 9.95. The fourth-order valence-electron chi connectivity index (χ4n) is 3.53. The number of para-hydroxylation sites is 1. The van der Waals surface area contributed by atoms with E-state index in [1.54, 1.807) is 13.1 Å². The van der Waals surface area contributed by atoms with Gasteiger partial charge in [0.25, 0.3) is 5.91 Å². The number of aromatic nitrogens is 1. The maximum Gasteiger partial charge on any atom is 0.349 e. The zero-order valence-electron chi connectivity index (χ0n) is 15.1. The number of fused-ring (bicyclic) bond motifs is 1. The van der Waals surface area contributed by atoms with Crippen molar-refractivity contribution in [2.75, 3.05) is 18.4 Å². The monoisotopic (exact) mass is 363 g/mol. The molecule has 0 radical (unpaired) electrons. The van der Waals surface area contributed by atoms with Crippen LogP contribution in [-0.2, 0) is 0 Å². The molecule has 1 aliphatic rings. The molecule has 6 heteroatoms. The summed E-state index contributed by atoms with van der Waals surface area (Å²) in [6.45, 7) is 3.54. The summed E-state index contributed by atoms with van der Waals surface area (Å²) in [5.74, 6) is 0.340. The summed E-state index contributed by atoms with van der Waals surface area (Å²) >= 11 is 0. The molecule has 1 aliphatic heterocycles. The van der Waals surface area contributed by atoms with Gasteiger partial charge in [-0.25, -0.2) is 4.79 Å². The normalized spacial score (nSPS) is 17.0. The Hall–Kier alpha value is -2.99. The van der Waals surface area contributed by atoms with Crippen LogP contribution >= 0.6 is 0 Å². The zero-order chi connectivity index (χ0) is 18.8. The van der Waals surface area contributed by atoms with Gasteiger partial charge in [0.1, 0.15) is 11.3 Å². The lowest BCUT2D eigenvalue weighted by Crippen LogP contribution is -2.30. The van der Waals surface area contributed by atoms with Crippen molar-refractivity contribution in [3.63, 3.8) is 0 Å². The number of nitrogens with zero attached hydrogens (tertiary/aromatic N) is 1. The Kier molecular flexibility index (Phi) is 4.73. The summed E-state index contributed by atoms with van der Waals surface area (Å²) in [6, 6.07) is 11.3. The molecule has 0 bridgehead atoms. The van der Waals surface area contributed by atoms with E-state index in [-0.39, 0.29) is 11.5 Å². The van der Waals surface area contributed by atoms with Crippen LogP contribution in [-0.4, -0.2) is 24.0 Å². The molecule has 2 aromatic heterocycles. The van der Waals surface area contributed by atoms with Crippen molar-refractivity contribution in [1.82, 2.24) is 10.3 Å². The number of aryl methyl sites for hydroxylation is 1. The van der Waals surface area contributed by atoms with E-state index < -0.39 is 11.5 Å². The Morgan fingerprint density at radius 2 is 2.15 bits per heavy atom. The first-order chi connectivity index (χ1) is 13.1. The molecular formula is C21H21N3O3. The SMILES string of the molecule is Cc1cc(C2CCCNC2)oc(=O)c1C(=O)Nc1cnc2ccccc2c1. The van der Waals surface area contributed by atoms with Gasteiger partial charge in [-0.3, -0.25) is 9.78 Å². The van der Waals surface area contributed by atoms with Crippen LogP contribution in [0.2, 0.25) is 0 Å². The molecule has 1 unspecified atom stereocenters. The number of rotatable bonds is 3. The number of hydrogen-bond acceptors (Lipinski definition) is 5. The Labute approximate surface area is 156 Å². The van der Waals surface area contributed by atoms with Gasteiger partial charge >= 0.3 is 5.63 Å². The fraction of sp³-hybridized carbons (Fsp3) is 0.286. The van der Waals surface area contributed by atoms with Crippen LogP contribution in [0.25, 0.3) is 10.9 Å². The van der Waals surface area contributed by atoms with Crippen LogP contribution < -0.4 is 16.3 Å². The van der Waals surface area contributed by atoms with Gasteiger partial charge in [0.2, 0.25) is 0 Å². The van der Waals surface area contributed by atoms with Crippen molar-refractivity contribution >= 4 is 22.5 Å². The molecule has 1 aromatic carbocycles. The van der Waals surface area contributed by atoms with E-state index in [0.29, 0.717) is 17.0 Å². The van der Waals surface area contributed by atoms with E-state index >= 15 is 0 Å². The van der Waals surface area contributed by atoms with E-state index in [1.165, 1.54) is 0 Å². The first kappa shape index (κ1) is 17.4. The van der Waals surface area contributed by atoms with Gasteiger partial charge in [0, 0.05) is 17.8 Å². The smallest absolute Gasteiger partial charge is 0.349 e. The first-order valence-electron chi connectivity index (χ1n) is 9.13. The zero-order valence-corrected chi connectivity index (χ0v) is 15.1. The Morgan fingerprint density at radius 1 is 1.30 bits per heavy atom. The predicted octanol–water partition coefficient (Wildman–Crippen LogP) is 3.22. The summed E-state index contributed by atoms with van der Waals surface area (Å²) in [4.78, 5) is 29.5. The second-order valence-electron chi connectivity index (χ2n) is 6.91. The van der Waals surface area contributed by atoms with Crippen molar-refractivity contribution in [3.8, 4) is 0 Å². The highest BCUT2D eigenvalue weighted by molar-refractivity contribution is 6.05. The maximum absolute atomic E-state index is 12.7. The molecule has 3 heterocycles. The number of hydrogen-bond donors (Lipinski definition) is 2. The van der Waals surface area contributed by atoms with E-state index in [4.69, 9.17) is 4.42 Å². The lowest BCUT2D eigenvalue weighted by molar-refractivity contribution is 0.102. The van der Waals surface area contributed by atoms with Gasteiger partial charge < -0.3 is 15.1 Å². The van der Waals surface area contributed by atoms with Gasteiger partial charge in [0.15, 0.2) is 0 Å². The minimum Gasteiger partial charge on any atom is -0.427 e. The van der Waals surface area contributed by atoms with Crippen molar-refractivity contribution in [3.05, 3.63) is 69.9 Å². The minimum atomic E-state index is -0.596. The van der Waals surface area contributed by atoms with Crippen molar-refractivity contribution in [2.45, 2.75) is 25.7 Å². The highest BCUT2D eigenvalue weighted by Crippen LogP contribution is 2.24. The maximum atomic E-state index is 12.7. The standard InChI is InChI=1S/C21H21N3O3/c1-13-9-18(15-6-4-8-22-11-15)27-21(26)19(13)20(25)24-16-10-14-5-2-3-7-17(14)23-12-16/h2-3,5,7,9-10,12,15,22H,4,6,8,11H2,1H3,(H,24,25). The Morgan fingerprint density at radius 3 is 2.93 bits per heavy atom. The highest BCUT2D eigenvalue weighted by Gasteiger charge is 2.22. The topological polar surface area (TPSA) is 84.2 Å². The average molecular weight is 363 g/mol. The largest absolute Gasteiger partial charge is 0.427 e. The van der Waals surface area contributed by atoms with Crippen molar-refractivity contribution in [2.24, 2.45) is 0 Å². The van der Waals surface area contributed by atoms with Gasteiger partial charge in [0.05, 0.1) is 17.4 Å². The van der Waals surface area contributed by atoms with Gasteiger partial charge in [-0.1, -0.05) is 18.2 Å². The van der Waals surface area contributed by atoms with Crippen molar-refractivity contribution < 1.29 is 9.21 Å². The first-order valence-corrected chi connectivity index (χ1v) is 9.13. The number of benzene rings is 1. The average Bonchev–Trinajstić information content (AvgIpc) is 2.68. The van der Waals surface area contributed by atoms with E-state index in [2.05, 4.69) is 15.6 Å². The molecule has 3 aromatic rings. The number of amides is 1. The molecule has 1 fully saturated rings. The number of anilines is 1. The van der Waals surface area contributed by atoms with E-state index in [9.17, 15) is 9.59 Å². The lowest BCUT2D eigenvalue weighted by Gasteiger charge is -2.22. The summed E-state index contributed by atoms with van der Waals surface area (Å²) in [6.07, 6.45) is 3.60. The fourth-order valence-corrected chi connectivity index (χ4v) is 3.53. The van der Waals surface area contributed by atoms with E-state index in [0.717, 1.165) is 36.8 Å².